The number of hydrogen-bond donors (Lipinski definition) is 1. The van der Waals surface area contributed by atoms with Crippen molar-refractivity contribution >= 4 is 11.9 Å². The third-order valence-electron chi connectivity index (χ3n) is 2.96. The summed E-state index contributed by atoms with van der Waals surface area (Å²) in [5.41, 5.74) is 1.56. The fourth-order valence-corrected chi connectivity index (χ4v) is 1.79. The zero-order valence-electron chi connectivity index (χ0n) is 11.5. The average Bonchev–Trinajstić information content (AvgIpc) is 2.44. The van der Waals surface area contributed by atoms with Gasteiger partial charge in [-0.1, -0.05) is 12.1 Å². The molecule has 1 aromatic carbocycles. The maximum Gasteiger partial charge on any atom is 0.303 e. The molecule has 1 N–H and O–H groups in total. The molecule has 0 radical (unpaired) electrons. The SMILES string of the molecule is CN(Cc1ccc(C#N)cc1)C(=O)CCCCC(=O)O. The van der Waals surface area contributed by atoms with Crippen LogP contribution in [0.2, 0.25) is 0 Å². The molecule has 5 nitrogen and oxygen atoms in total. The Morgan fingerprint density at radius 2 is 1.80 bits per heavy atom. The molecule has 0 saturated carbocycles. The highest BCUT2D eigenvalue weighted by Gasteiger charge is 2.09. The largest absolute Gasteiger partial charge is 0.481 e. The summed E-state index contributed by atoms with van der Waals surface area (Å²) < 4.78 is 0. The first kappa shape index (κ1) is 15.7. The van der Waals surface area contributed by atoms with Crippen molar-refractivity contribution in [3.63, 3.8) is 0 Å². The lowest BCUT2D eigenvalue weighted by Gasteiger charge is -2.17. The van der Waals surface area contributed by atoms with Crippen molar-refractivity contribution in [1.82, 2.24) is 4.90 Å². The Labute approximate surface area is 118 Å². The Kier molecular flexibility index (Phi) is 6.24. The number of hydrogen-bond acceptors (Lipinski definition) is 3. The smallest absolute Gasteiger partial charge is 0.303 e. The van der Waals surface area contributed by atoms with Gasteiger partial charge >= 0.3 is 5.97 Å². The van der Waals surface area contributed by atoms with Gasteiger partial charge in [0.2, 0.25) is 5.91 Å². The first-order valence-corrected chi connectivity index (χ1v) is 6.47. The number of unbranched alkanes of at least 4 members (excludes halogenated alkanes) is 1. The quantitative estimate of drug-likeness (QED) is 0.772. The summed E-state index contributed by atoms with van der Waals surface area (Å²) in [7, 11) is 1.72. The van der Waals surface area contributed by atoms with E-state index in [9.17, 15) is 9.59 Å². The molecule has 0 aliphatic rings. The standard InChI is InChI=1S/C15H18N2O3/c1-17(14(18)4-2-3-5-15(19)20)11-13-8-6-12(10-16)7-9-13/h6-9H,2-5,11H2,1H3,(H,19,20). The molecule has 0 spiro atoms. The van der Waals surface area contributed by atoms with E-state index >= 15 is 0 Å². The van der Waals surface area contributed by atoms with Gasteiger partial charge in [-0.25, -0.2) is 0 Å². The first-order valence-electron chi connectivity index (χ1n) is 6.47. The number of carboxylic acid groups (broad SMARTS) is 1. The second-order valence-electron chi connectivity index (χ2n) is 4.66. The predicted molar refractivity (Wildman–Crippen MR) is 73.7 cm³/mol. The summed E-state index contributed by atoms with van der Waals surface area (Å²) in [5, 5.41) is 17.2. The number of carbonyl (C=O) groups excluding carboxylic acids is 1. The number of carboxylic acids is 1. The number of benzene rings is 1. The maximum atomic E-state index is 11.8. The Morgan fingerprint density at radius 1 is 1.20 bits per heavy atom. The molecule has 1 rings (SSSR count). The van der Waals surface area contributed by atoms with Crippen molar-refractivity contribution < 1.29 is 14.7 Å². The van der Waals surface area contributed by atoms with Crippen molar-refractivity contribution in [1.29, 1.82) is 5.26 Å². The van der Waals surface area contributed by atoms with Gasteiger partial charge in [-0.15, -0.1) is 0 Å². The highest BCUT2D eigenvalue weighted by atomic mass is 16.4. The molecule has 1 amide bonds. The fourth-order valence-electron chi connectivity index (χ4n) is 1.79. The van der Waals surface area contributed by atoms with Gasteiger partial charge in [-0.2, -0.15) is 5.26 Å². The number of aliphatic carboxylic acids is 1. The number of nitrogens with zero attached hydrogens (tertiary/aromatic N) is 2. The summed E-state index contributed by atoms with van der Waals surface area (Å²) in [5.74, 6) is -0.830. The van der Waals surface area contributed by atoms with Crippen LogP contribution < -0.4 is 0 Å². The Balaban J connectivity index is 2.37. The molecular formula is C15H18N2O3. The number of rotatable bonds is 7. The van der Waals surface area contributed by atoms with Crippen LogP contribution in [0.5, 0.6) is 0 Å². The molecule has 0 saturated heterocycles. The molecule has 0 unspecified atom stereocenters. The Bertz CT molecular complexity index is 503. The van der Waals surface area contributed by atoms with E-state index < -0.39 is 5.97 Å². The van der Waals surface area contributed by atoms with Crippen LogP contribution in [-0.4, -0.2) is 28.9 Å². The second-order valence-corrected chi connectivity index (χ2v) is 4.66. The molecule has 5 heteroatoms. The first-order chi connectivity index (χ1) is 9.52. The summed E-state index contributed by atoms with van der Waals surface area (Å²) >= 11 is 0. The molecule has 0 bridgehead atoms. The van der Waals surface area contributed by atoms with E-state index in [0.717, 1.165) is 5.56 Å². The van der Waals surface area contributed by atoms with Crippen molar-refractivity contribution in [2.45, 2.75) is 32.2 Å². The van der Waals surface area contributed by atoms with Crippen LogP contribution in [0.1, 0.15) is 36.8 Å². The second kappa shape index (κ2) is 7.95. The predicted octanol–water partition coefficient (Wildman–Crippen LogP) is 2.16. The van der Waals surface area contributed by atoms with Gasteiger partial charge in [0.25, 0.3) is 0 Å². The molecule has 0 aliphatic carbocycles. The molecule has 1 aromatic rings. The van der Waals surface area contributed by atoms with E-state index in [1.807, 2.05) is 18.2 Å². The van der Waals surface area contributed by atoms with Crippen LogP contribution >= 0.6 is 0 Å². The zero-order chi connectivity index (χ0) is 15.0. The van der Waals surface area contributed by atoms with Gasteiger partial charge in [0.1, 0.15) is 0 Å². The molecule has 0 aliphatic heterocycles. The third kappa shape index (κ3) is 5.53. The fraction of sp³-hybridized carbons (Fsp3) is 0.400. The highest BCUT2D eigenvalue weighted by Crippen LogP contribution is 2.08. The summed E-state index contributed by atoms with van der Waals surface area (Å²) in [6, 6.07) is 9.14. The molecule has 106 valence electrons. The van der Waals surface area contributed by atoms with E-state index in [1.54, 1.807) is 24.1 Å². The van der Waals surface area contributed by atoms with E-state index in [2.05, 4.69) is 0 Å². The third-order valence-corrected chi connectivity index (χ3v) is 2.96. The van der Waals surface area contributed by atoms with Crippen LogP contribution in [-0.2, 0) is 16.1 Å². The molecule has 0 fully saturated rings. The highest BCUT2D eigenvalue weighted by molar-refractivity contribution is 5.75. The molecule has 0 atom stereocenters. The Morgan fingerprint density at radius 3 is 2.35 bits per heavy atom. The monoisotopic (exact) mass is 274 g/mol. The van der Waals surface area contributed by atoms with Crippen LogP contribution in [0.4, 0.5) is 0 Å². The van der Waals surface area contributed by atoms with Crippen molar-refractivity contribution in [2.75, 3.05) is 7.05 Å². The van der Waals surface area contributed by atoms with Gasteiger partial charge < -0.3 is 10.0 Å². The van der Waals surface area contributed by atoms with E-state index in [0.29, 0.717) is 31.4 Å². The molecular weight excluding hydrogens is 256 g/mol. The lowest BCUT2D eigenvalue weighted by atomic mass is 10.1. The maximum absolute atomic E-state index is 11.8. The summed E-state index contributed by atoms with van der Waals surface area (Å²) in [4.78, 5) is 23.8. The lowest BCUT2D eigenvalue weighted by molar-refractivity contribution is -0.137. The van der Waals surface area contributed by atoms with E-state index in [4.69, 9.17) is 10.4 Å². The van der Waals surface area contributed by atoms with Crippen LogP contribution in [0.3, 0.4) is 0 Å². The molecule has 20 heavy (non-hydrogen) atoms. The minimum atomic E-state index is -0.830. The van der Waals surface area contributed by atoms with Crippen molar-refractivity contribution in [3.05, 3.63) is 35.4 Å². The van der Waals surface area contributed by atoms with E-state index in [1.165, 1.54) is 0 Å². The summed E-state index contributed by atoms with van der Waals surface area (Å²) in [6.07, 6.45) is 1.57. The minimum Gasteiger partial charge on any atom is -0.481 e. The van der Waals surface area contributed by atoms with Crippen molar-refractivity contribution in [3.8, 4) is 6.07 Å². The Hall–Kier alpha value is -2.35. The average molecular weight is 274 g/mol. The molecule has 0 heterocycles. The van der Waals surface area contributed by atoms with Gasteiger partial charge in [0.15, 0.2) is 0 Å². The molecule has 0 aromatic heterocycles. The zero-order valence-corrected chi connectivity index (χ0v) is 11.5. The lowest BCUT2D eigenvalue weighted by Crippen LogP contribution is -2.25. The minimum absolute atomic E-state index is 0.000233. The summed E-state index contributed by atoms with van der Waals surface area (Å²) in [6.45, 7) is 0.490. The number of carbonyl (C=O) groups is 2. The van der Waals surface area contributed by atoms with Crippen molar-refractivity contribution in [2.24, 2.45) is 0 Å². The number of amides is 1. The van der Waals surface area contributed by atoms with Gasteiger partial charge in [-0.05, 0) is 30.5 Å². The van der Waals surface area contributed by atoms with Crippen LogP contribution in [0.25, 0.3) is 0 Å². The topological polar surface area (TPSA) is 81.4 Å². The van der Waals surface area contributed by atoms with Gasteiger partial charge in [-0.3, -0.25) is 9.59 Å². The van der Waals surface area contributed by atoms with E-state index in [-0.39, 0.29) is 12.3 Å². The van der Waals surface area contributed by atoms with Crippen LogP contribution in [0.15, 0.2) is 24.3 Å². The van der Waals surface area contributed by atoms with Gasteiger partial charge in [0, 0.05) is 26.4 Å². The normalized spacial score (nSPS) is 9.80. The van der Waals surface area contributed by atoms with Crippen LogP contribution in [0, 0.1) is 11.3 Å². The number of nitriles is 1. The van der Waals surface area contributed by atoms with Gasteiger partial charge in [0.05, 0.1) is 11.6 Å².